The SMILES string of the molecule is CCNC(=NCC(C)(O)c1cccs1)NCC1CC1c1ccccc1.I. The summed E-state index contributed by atoms with van der Waals surface area (Å²) >= 11 is 1.56. The number of aliphatic hydroxyl groups is 1. The first-order valence-electron chi connectivity index (χ1n) is 8.93. The largest absolute Gasteiger partial charge is 0.383 e. The van der Waals surface area contributed by atoms with Crippen LogP contribution in [0.3, 0.4) is 0 Å². The second-order valence-electron chi connectivity index (χ2n) is 6.84. The van der Waals surface area contributed by atoms with E-state index in [-0.39, 0.29) is 24.0 Å². The fourth-order valence-electron chi connectivity index (χ4n) is 3.05. The van der Waals surface area contributed by atoms with Gasteiger partial charge in [-0.05, 0) is 49.1 Å². The van der Waals surface area contributed by atoms with Gasteiger partial charge in [-0.1, -0.05) is 36.4 Å². The third-order valence-electron chi connectivity index (χ3n) is 4.62. The topological polar surface area (TPSA) is 56.7 Å². The van der Waals surface area contributed by atoms with Gasteiger partial charge in [0.2, 0.25) is 0 Å². The molecule has 0 aliphatic heterocycles. The van der Waals surface area contributed by atoms with Gasteiger partial charge in [0.15, 0.2) is 5.96 Å². The van der Waals surface area contributed by atoms with Crippen LogP contribution in [0, 0.1) is 5.92 Å². The van der Waals surface area contributed by atoms with Crippen molar-refractivity contribution in [2.24, 2.45) is 10.9 Å². The van der Waals surface area contributed by atoms with Crippen LogP contribution in [0.4, 0.5) is 0 Å². The molecule has 0 amide bonds. The van der Waals surface area contributed by atoms with Crippen molar-refractivity contribution in [3.8, 4) is 0 Å². The predicted octanol–water partition coefficient (Wildman–Crippen LogP) is 3.93. The Bertz CT molecular complexity index is 688. The van der Waals surface area contributed by atoms with E-state index >= 15 is 0 Å². The van der Waals surface area contributed by atoms with Crippen LogP contribution in [0.2, 0.25) is 0 Å². The van der Waals surface area contributed by atoms with E-state index in [0.717, 1.165) is 23.9 Å². The van der Waals surface area contributed by atoms with Crippen molar-refractivity contribution >= 4 is 41.3 Å². The van der Waals surface area contributed by atoms with Gasteiger partial charge in [-0.15, -0.1) is 35.3 Å². The van der Waals surface area contributed by atoms with Crippen molar-refractivity contribution in [3.63, 3.8) is 0 Å². The maximum Gasteiger partial charge on any atom is 0.191 e. The highest BCUT2D eigenvalue weighted by molar-refractivity contribution is 14.0. The molecule has 0 radical (unpaired) electrons. The third-order valence-corrected chi connectivity index (χ3v) is 5.75. The lowest BCUT2D eigenvalue weighted by molar-refractivity contribution is 0.0711. The summed E-state index contributed by atoms with van der Waals surface area (Å²) in [6, 6.07) is 14.6. The Morgan fingerprint density at radius 2 is 2.00 bits per heavy atom. The number of nitrogens with zero attached hydrogens (tertiary/aromatic N) is 1. The van der Waals surface area contributed by atoms with Crippen molar-refractivity contribution in [1.82, 2.24) is 10.6 Å². The van der Waals surface area contributed by atoms with Gasteiger partial charge in [0, 0.05) is 18.0 Å². The van der Waals surface area contributed by atoms with Crippen LogP contribution >= 0.6 is 35.3 Å². The Balaban J connectivity index is 0.00000243. The van der Waals surface area contributed by atoms with Crippen LogP contribution in [0.1, 0.15) is 36.6 Å². The van der Waals surface area contributed by atoms with Gasteiger partial charge in [0.05, 0.1) is 6.54 Å². The highest BCUT2D eigenvalue weighted by Crippen LogP contribution is 2.46. The molecule has 3 atom stereocenters. The fraction of sp³-hybridized carbons (Fsp3) is 0.450. The molecule has 3 N–H and O–H groups in total. The Labute approximate surface area is 177 Å². The van der Waals surface area contributed by atoms with E-state index in [2.05, 4.69) is 52.9 Å². The first-order chi connectivity index (χ1) is 12.1. The van der Waals surface area contributed by atoms with E-state index in [1.165, 1.54) is 12.0 Å². The van der Waals surface area contributed by atoms with E-state index in [1.807, 2.05) is 24.4 Å². The lowest BCUT2D eigenvalue weighted by atomic mass is 10.1. The van der Waals surface area contributed by atoms with E-state index in [9.17, 15) is 5.11 Å². The quantitative estimate of drug-likeness (QED) is 0.317. The Morgan fingerprint density at radius 3 is 2.65 bits per heavy atom. The second kappa shape index (κ2) is 9.71. The molecule has 142 valence electrons. The zero-order valence-electron chi connectivity index (χ0n) is 15.3. The number of halogens is 1. The van der Waals surface area contributed by atoms with Gasteiger partial charge in [-0.3, -0.25) is 0 Å². The van der Waals surface area contributed by atoms with Gasteiger partial charge in [0.1, 0.15) is 5.60 Å². The highest BCUT2D eigenvalue weighted by Gasteiger charge is 2.37. The van der Waals surface area contributed by atoms with E-state index in [1.54, 1.807) is 11.3 Å². The summed E-state index contributed by atoms with van der Waals surface area (Å²) in [5.74, 6) is 2.09. The summed E-state index contributed by atoms with van der Waals surface area (Å²) in [5.41, 5.74) is 0.500. The van der Waals surface area contributed by atoms with Crippen LogP contribution in [-0.2, 0) is 5.60 Å². The number of thiophene rings is 1. The normalized spacial score (nSPS) is 21.4. The molecule has 1 aliphatic carbocycles. The zero-order chi connectivity index (χ0) is 17.7. The van der Waals surface area contributed by atoms with Gasteiger partial charge in [-0.25, -0.2) is 4.99 Å². The van der Waals surface area contributed by atoms with Gasteiger partial charge < -0.3 is 15.7 Å². The number of guanidine groups is 1. The molecule has 1 heterocycles. The third kappa shape index (κ3) is 5.69. The van der Waals surface area contributed by atoms with Crippen molar-refractivity contribution in [2.45, 2.75) is 31.8 Å². The minimum Gasteiger partial charge on any atom is -0.383 e. The van der Waals surface area contributed by atoms with Crippen molar-refractivity contribution < 1.29 is 5.11 Å². The molecule has 1 saturated carbocycles. The Hall–Kier alpha value is -1.12. The molecule has 1 aromatic carbocycles. The maximum atomic E-state index is 10.6. The average Bonchev–Trinajstić information content (AvgIpc) is 3.17. The fourth-order valence-corrected chi connectivity index (χ4v) is 3.83. The van der Waals surface area contributed by atoms with Crippen molar-refractivity contribution in [2.75, 3.05) is 19.6 Å². The second-order valence-corrected chi connectivity index (χ2v) is 7.79. The molecule has 0 bridgehead atoms. The highest BCUT2D eigenvalue weighted by atomic mass is 127. The van der Waals surface area contributed by atoms with Crippen LogP contribution in [0.5, 0.6) is 0 Å². The number of rotatable bonds is 7. The van der Waals surface area contributed by atoms with Crippen LogP contribution < -0.4 is 10.6 Å². The average molecular weight is 485 g/mol. The van der Waals surface area contributed by atoms with E-state index in [0.29, 0.717) is 18.4 Å². The summed E-state index contributed by atoms with van der Waals surface area (Å²) in [6.07, 6.45) is 1.23. The van der Waals surface area contributed by atoms with Crippen molar-refractivity contribution in [3.05, 3.63) is 58.3 Å². The standard InChI is InChI=1S/C20H27N3OS.HI/c1-3-21-19(23-14-20(2,24)18-10-7-11-25-18)22-13-16-12-17(16)15-8-5-4-6-9-15;/h4-11,16-17,24H,3,12-14H2,1-2H3,(H2,21,22,23);1H. The summed E-state index contributed by atoms with van der Waals surface area (Å²) in [4.78, 5) is 5.53. The number of hydrogen-bond acceptors (Lipinski definition) is 3. The van der Waals surface area contributed by atoms with Gasteiger partial charge in [-0.2, -0.15) is 0 Å². The first kappa shape index (κ1) is 21.2. The molecule has 3 unspecified atom stereocenters. The van der Waals surface area contributed by atoms with E-state index < -0.39 is 5.60 Å². The lowest BCUT2D eigenvalue weighted by Crippen LogP contribution is -2.39. The molecule has 4 nitrogen and oxygen atoms in total. The molecule has 0 spiro atoms. The molecule has 1 fully saturated rings. The van der Waals surface area contributed by atoms with Gasteiger partial charge in [0.25, 0.3) is 0 Å². The lowest BCUT2D eigenvalue weighted by Gasteiger charge is -2.20. The van der Waals surface area contributed by atoms with Gasteiger partial charge >= 0.3 is 0 Å². The van der Waals surface area contributed by atoms with Crippen LogP contribution in [0.15, 0.2) is 52.8 Å². The Morgan fingerprint density at radius 1 is 1.23 bits per heavy atom. The number of benzene rings is 1. The molecular weight excluding hydrogens is 457 g/mol. The van der Waals surface area contributed by atoms with E-state index in [4.69, 9.17) is 0 Å². The molecule has 6 heteroatoms. The minimum atomic E-state index is -0.928. The molecule has 26 heavy (non-hydrogen) atoms. The molecule has 1 aromatic heterocycles. The summed E-state index contributed by atoms with van der Waals surface area (Å²) < 4.78 is 0. The zero-order valence-corrected chi connectivity index (χ0v) is 18.5. The van der Waals surface area contributed by atoms with Crippen molar-refractivity contribution in [1.29, 1.82) is 0 Å². The molecular formula is C20H28IN3OS. The van der Waals surface area contributed by atoms with Crippen LogP contribution in [-0.4, -0.2) is 30.7 Å². The summed E-state index contributed by atoms with van der Waals surface area (Å²) in [6.45, 7) is 5.93. The predicted molar refractivity (Wildman–Crippen MR) is 121 cm³/mol. The minimum absolute atomic E-state index is 0. The molecule has 3 rings (SSSR count). The molecule has 1 aliphatic rings. The maximum absolute atomic E-state index is 10.6. The Kier molecular flexibility index (Phi) is 7.91. The first-order valence-corrected chi connectivity index (χ1v) is 9.81. The monoisotopic (exact) mass is 485 g/mol. The summed E-state index contributed by atoms with van der Waals surface area (Å²) in [7, 11) is 0. The molecule has 0 saturated heterocycles. The number of aliphatic imine (C=N–C) groups is 1. The number of nitrogens with one attached hydrogen (secondary N) is 2. The van der Waals surface area contributed by atoms with Crippen LogP contribution in [0.25, 0.3) is 0 Å². The number of hydrogen-bond donors (Lipinski definition) is 3. The smallest absolute Gasteiger partial charge is 0.191 e. The summed E-state index contributed by atoms with van der Waals surface area (Å²) in [5, 5.41) is 19.3. The molecule has 2 aromatic rings.